The summed E-state index contributed by atoms with van der Waals surface area (Å²) in [4.78, 5) is 0. The van der Waals surface area contributed by atoms with Crippen LogP contribution < -0.4 is 10.6 Å². The Kier molecular flexibility index (Phi) is 7.29. The molecule has 0 heterocycles. The second-order valence-corrected chi connectivity index (χ2v) is 3.76. The van der Waals surface area contributed by atoms with Gasteiger partial charge in [0.15, 0.2) is 5.11 Å². The molecule has 0 aromatic heterocycles. The summed E-state index contributed by atoms with van der Waals surface area (Å²) in [5, 5.41) is 6.75. The molecule has 4 nitrogen and oxygen atoms in total. The third-order valence-electron chi connectivity index (χ3n) is 2.00. The highest BCUT2D eigenvalue weighted by atomic mass is 32.1. The molecule has 0 saturated heterocycles. The van der Waals surface area contributed by atoms with Gasteiger partial charge in [-0.15, -0.1) is 0 Å². The first-order valence-electron chi connectivity index (χ1n) is 5.49. The Morgan fingerprint density at radius 2 is 1.94 bits per heavy atom. The molecule has 0 saturated carbocycles. The predicted octanol–water partition coefficient (Wildman–Crippen LogP) is 1.64. The largest absolute Gasteiger partial charge is 0.382 e. The maximum absolute atomic E-state index is 5.30. The fraction of sp³-hybridized carbons (Fsp3) is 0.417. The van der Waals surface area contributed by atoms with Gasteiger partial charge in [-0.05, 0) is 24.4 Å². The number of benzene rings is 1. The van der Waals surface area contributed by atoms with Crippen LogP contribution in [-0.4, -0.2) is 38.6 Å². The van der Waals surface area contributed by atoms with E-state index < -0.39 is 0 Å². The average molecular weight is 254 g/mol. The lowest BCUT2D eigenvalue weighted by molar-refractivity contribution is 0.0734. The van der Waals surface area contributed by atoms with Crippen molar-refractivity contribution in [2.75, 3.05) is 38.8 Å². The Morgan fingerprint density at radius 3 is 2.65 bits per heavy atom. The molecule has 2 N–H and O–H groups in total. The van der Waals surface area contributed by atoms with Crippen LogP contribution in [0, 0.1) is 0 Å². The molecule has 0 aliphatic carbocycles. The monoisotopic (exact) mass is 254 g/mol. The summed E-state index contributed by atoms with van der Waals surface area (Å²) < 4.78 is 10.2. The van der Waals surface area contributed by atoms with Crippen LogP contribution in [-0.2, 0) is 9.47 Å². The molecular formula is C12H18N2O2S. The number of anilines is 1. The summed E-state index contributed by atoms with van der Waals surface area (Å²) in [6.07, 6.45) is 0. The van der Waals surface area contributed by atoms with Crippen molar-refractivity contribution in [1.29, 1.82) is 0 Å². The number of rotatable bonds is 7. The lowest BCUT2D eigenvalue weighted by atomic mass is 10.3. The number of hydrogen-bond acceptors (Lipinski definition) is 3. The molecule has 0 aliphatic heterocycles. The highest BCUT2D eigenvalue weighted by molar-refractivity contribution is 7.80. The van der Waals surface area contributed by atoms with E-state index in [2.05, 4.69) is 10.6 Å². The molecule has 0 bridgehead atoms. The molecule has 5 heteroatoms. The lowest BCUT2D eigenvalue weighted by Gasteiger charge is -2.10. The van der Waals surface area contributed by atoms with Crippen LogP contribution in [0.15, 0.2) is 30.3 Å². The molecule has 1 aromatic carbocycles. The van der Waals surface area contributed by atoms with E-state index in [4.69, 9.17) is 21.7 Å². The zero-order valence-electron chi connectivity index (χ0n) is 9.94. The molecule has 0 fully saturated rings. The SMILES string of the molecule is COCCOCCNC(=S)Nc1ccccc1. The standard InChI is InChI=1S/C12H18N2O2S/c1-15-9-10-16-8-7-13-12(17)14-11-5-3-2-4-6-11/h2-6H,7-10H2,1H3,(H2,13,14,17). The van der Waals surface area contributed by atoms with Crippen LogP contribution in [0.3, 0.4) is 0 Å². The van der Waals surface area contributed by atoms with Crippen molar-refractivity contribution in [1.82, 2.24) is 5.32 Å². The van der Waals surface area contributed by atoms with Gasteiger partial charge >= 0.3 is 0 Å². The Hall–Kier alpha value is -1.17. The number of thiocarbonyl (C=S) groups is 1. The van der Waals surface area contributed by atoms with E-state index in [0.717, 1.165) is 5.69 Å². The van der Waals surface area contributed by atoms with E-state index >= 15 is 0 Å². The molecular weight excluding hydrogens is 236 g/mol. The minimum atomic E-state index is 0.603. The van der Waals surface area contributed by atoms with E-state index in [1.165, 1.54) is 0 Å². The summed E-state index contributed by atoms with van der Waals surface area (Å²) in [6.45, 7) is 2.52. The van der Waals surface area contributed by atoms with Crippen molar-refractivity contribution >= 4 is 23.0 Å². The first-order valence-corrected chi connectivity index (χ1v) is 5.90. The Balaban J connectivity index is 2.06. The van der Waals surface area contributed by atoms with Crippen molar-refractivity contribution in [3.63, 3.8) is 0 Å². The molecule has 0 atom stereocenters. The van der Waals surface area contributed by atoms with E-state index in [0.29, 0.717) is 31.5 Å². The highest BCUT2D eigenvalue weighted by Gasteiger charge is 1.95. The van der Waals surface area contributed by atoms with Crippen LogP contribution >= 0.6 is 12.2 Å². The van der Waals surface area contributed by atoms with Crippen molar-refractivity contribution in [3.8, 4) is 0 Å². The summed E-state index contributed by atoms with van der Waals surface area (Å²) in [7, 11) is 1.65. The quantitative estimate of drug-likeness (QED) is 0.572. The molecule has 17 heavy (non-hydrogen) atoms. The molecule has 0 spiro atoms. The zero-order valence-corrected chi connectivity index (χ0v) is 10.8. The maximum atomic E-state index is 5.30. The number of para-hydroxylation sites is 1. The summed E-state index contributed by atoms with van der Waals surface area (Å²) >= 11 is 5.13. The number of ether oxygens (including phenoxy) is 2. The maximum Gasteiger partial charge on any atom is 0.170 e. The molecule has 1 rings (SSSR count). The van der Waals surface area contributed by atoms with E-state index in [1.807, 2.05) is 30.3 Å². The van der Waals surface area contributed by atoms with Gasteiger partial charge in [-0.3, -0.25) is 0 Å². The van der Waals surface area contributed by atoms with Gasteiger partial charge in [-0.25, -0.2) is 0 Å². The average Bonchev–Trinajstić information content (AvgIpc) is 2.35. The van der Waals surface area contributed by atoms with E-state index in [-0.39, 0.29) is 0 Å². The smallest absolute Gasteiger partial charge is 0.170 e. The first kappa shape index (κ1) is 13.9. The van der Waals surface area contributed by atoms with Crippen LogP contribution in [0.1, 0.15) is 0 Å². The third-order valence-corrected chi connectivity index (χ3v) is 2.24. The summed E-state index contributed by atoms with van der Waals surface area (Å²) in [6, 6.07) is 9.80. The third kappa shape index (κ3) is 6.88. The topological polar surface area (TPSA) is 42.5 Å². The van der Waals surface area contributed by atoms with E-state index in [9.17, 15) is 0 Å². The van der Waals surface area contributed by atoms with Crippen molar-refractivity contribution < 1.29 is 9.47 Å². The predicted molar refractivity (Wildman–Crippen MR) is 73.4 cm³/mol. The van der Waals surface area contributed by atoms with Gasteiger partial charge in [0, 0.05) is 19.3 Å². The molecule has 0 radical (unpaired) electrons. The van der Waals surface area contributed by atoms with Gasteiger partial charge in [-0.2, -0.15) is 0 Å². The molecule has 1 aromatic rings. The van der Waals surface area contributed by atoms with E-state index in [1.54, 1.807) is 7.11 Å². The van der Waals surface area contributed by atoms with Crippen LogP contribution in [0.25, 0.3) is 0 Å². The fourth-order valence-electron chi connectivity index (χ4n) is 1.18. The highest BCUT2D eigenvalue weighted by Crippen LogP contribution is 2.03. The second-order valence-electron chi connectivity index (χ2n) is 3.35. The van der Waals surface area contributed by atoms with Crippen LogP contribution in [0.4, 0.5) is 5.69 Å². The molecule has 0 amide bonds. The van der Waals surface area contributed by atoms with Crippen LogP contribution in [0.5, 0.6) is 0 Å². The Morgan fingerprint density at radius 1 is 1.18 bits per heavy atom. The first-order chi connectivity index (χ1) is 8.33. The van der Waals surface area contributed by atoms with Gasteiger partial charge in [0.25, 0.3) is 0 Å². The lowest BCUT2D eigenvalue weighted by Crippen LogP contribution is -2.31. The van der Waals surface area contributed by atoms with Crippen molar-refractivity contribution in [2.24, 2.45) is 0 Å². The molecule has 0 aliphatic rings. The van der Waals surface area contributed by atoms with Gasteiger partial charge in [-0.1, -0.05) is 18.2 Å². The van der Waals surface area contributed by atoms with Crippen LogP contribution in [0.2, 0.25) is 0 Å². The Bertz CT molecular complexity index is 320. The number of nitrogens with one attached hydrogen (secondary N) is 2. The molecule has 94 valence electrons. The van der Waals surface area contributed by atoms with Gasteiger partial charge in [0.1, 0.15) is 0 Å². The Labute approximate surface area is 107 Å². The zero-order chi connectivity index (χ0) is 12.3. The van der Waals surface area contributed by atoms with Gasteiger partial charge < -0.3 is 20.1 Å². The minimum Gasteiger partial charge on any atom is -0.382 e. The minimum absolute atomic E-state index is 0.603. The summed E-state index contributed by atoms with van der Waals surface area (Å²) in [5.41, 5.74) is 0.977. The second kappa shape index (κ2) is 8.92. The number of hydrogen-bond donors (Lipinski definition) is 2. The van der Waals surface area contributed by atoms with Gasteiger partial charge in [0.05, 0.1) is 19.8 Å². The molecule has 0 unspecified atom stereocenters. The number of methoxy groups -OCH3 is 1. The van der Waals surface area contributed by atoms with Crippen molar-refractivity contribution in [2.45, 2.75) is 0 Å². The summed E-state index contributed by atoms with van der Waals surface area (Å²) in [5.74, 6) is 0. The van der Waals surface area contributed by atoms with Crippen molar-refractivity contribution in [3.05, 3.63) is 30.3 Å². The normalized spacial score (nSPS) is 9.94. The van der Waals surface area contributed by atoms with Gasteiger partial charge in [0.2, 0.25) is 0 Å². The fourth-order valence-corrected chi connectivity index (χ4v) is 1.40.